The number of fused-ring (bicyclic) bond motifs is 4. The first-order chi connectivity index (χ1) is 32.4. The SMILES string of the molecule is Cc1c(-c2cc3cc(NC(=O)O[C@@H]4CC[C@@](C)(O)C4)ncc3c(N)c2F)cnc2c1NCCO2.Cc1c(-c2cc3cc(NC(=O)O[C@H]4CC[C@](C)(O)C4)ncc3c(N)c2F)cnc2c1NCCO2.Cl.Cl. The van der Waals surface area contributed by atoms with Crippen molar-refractivity contribution in [1.82, 2.24) is 19.9 Å². The predicted molar refractivity (Wildman–Crippen MR) is 267 cm³/mol. The highest BCUT2D eigenvalue weighted by Gasteiger charge is 2.36. The van der Waals surface area contributed by atoms with Gasteiger partial charge >= 0.3 is 12.2 Å². The number of aromatic nitrogens is 4. The van der Waals surface area contributed by atoms with Crippen LogP contribution in [-0.2, 0) is 9.47 Å². The van der Waals surface area contributed by atoms with E-state index in [1.165, 1.54) is 12.4 Å². The number of hydrogen-bond acceptors (Lipinski definition) is 16. The zero-order valence-corrected chi connectivity index (χ0v) is 40.3. The number of nitrogens with two attached hydrogens (primary N) is 2. The fourth-order valence-electron chi connectivity index (χ4n) is 9.21. The second-order valence-electron chi connectivity index (χ2n) is 18.2. The first kappa shape index (κ1) is 51.1. The number of anilines is 6. The Morgan fingerprint density at radius 2 is 1.07 bits per heavy atom. The fraction of sp³-hybridized carbons (Fsp3) is 0.375. The fourth-order valence-corrected chi connectivity index (χ4v) is 9.21. The smallest absolute Gasteiger partial charge is 0.413 e. The largest absolute Gasteiger partial charge is 0.474 e. The number of aliphatic hydroxyl groups is 2. The summed E-state index contributed by atoms with van der Waals surface area (Å²) in [6.45, 7) is 9.49. The van der Waals surface area contributed by atoms with E-state index in [1.807, 2.05) is 13.8 Å². The van der Waals surface area contributed by atoms with Gasteiger partial charge in [0.1, 0.15) is 48.4 Å². The van der Waals surface area contributed by atoms with Crippen LogP contribution in [0.1, 0.15) is 63.5 Å². The van der Waals surface area contributed by atoms with Crippen LogP contribution in [0.15, 0.2) is 49.1 Å². The van der Waals surface area contributed by atoms with Crippen LogP contribution in [0.25, 0.3) is 43.8 Å². The molecule has 0 spiro atoms. The molecule has 4 aliphatic rings. The summed E-state index contributed by atoms with van der Waals surface area (Å²) in [5.74, 6) is 0.331. The molecule has 2 saturated carbocycles. The van der Waals surface area contributed by atoms with Gasteiger partial charge in [-0.25, -0.2) is 38.3 Å². The molecule has 0 radical (unpaired) electrons. The first-order valence-electron chi connectivity index (χ1n) is 22.3. The van der Waals surface area contributed by atoms with Crippen LogP contribution in [-0.4, -0.2) is 92.0 Å². The minimum atomic E-state index is -0.824. The molecule has 2 amide bonds. The molecule has 4 atom stereocenters. The Labute approximate surface area is 413 Å². The third-order valence-electron chi connectivity index (χ3n) is 12.8. The Morgan fingerprint density at radius 3 is 1.44 bits per heavy atom. The molecule has 0 bridgehead atoms. The monoisotopic (exact) mass is 1010 g/mol. The van der Waals surface area contributed by atoms with Gasteiger partial charge in [0.15, 0.2) is 11.6 Å². The van der Waals surface area contributed by atoms with Crippen molar-refractivity contribution in [3.8, 4) is 34.0 Å². The van der Waals surface area contributed by atoms with E-state index >= 15 is 8.78 Å². The molecule has 372 valence electrons. The summed E-state index contributed by atoms with van der Waals surface area (Å²) in [5.41, 5.74) is 15.3. The standard InChI is InChI=1S/2C24H26FN5O4.2ClH/c2*1-12-16(10-29-22-21(12)27-5-6-33-22)15-7-13-8-18(28-11-17(13)20(26)19(15)25)30-23(31)34-14-3-4-24(2,32)9-14;;/h2*7-8,10-11,14,27,32H,3-6,9,26H2,1-2H3,(H,28,30,31);2*1H/t2*14-,24-;;/m10../s1. The molecule has 22 heteroatoms. The lowest BCUT2D eigenvalue weighted by atomic mass is 9.97. The molecule has 2 aromatic carbocycles. The molecule has 2 aliphatic carbocycles. The van der Waals surface area contributed by atoms with Crippen molar-refractivity contribution in [2.75, 3.05) is 59.0 Å². The van der Waals surface area contributed by atoms with Crippen molar-refractivity contribution in [3.63, 3.8) is 0 Å². The van der Waals surface area contributed by atoms with Crippen molar-refractivity contribution in [2.45, 2.75) is 89.6 Å². The normalized spacial score (nSPS) is 20.9. The highest BCUT2D eigenvalue weighted by molar-refractivity contribution is 6.01. The average molecular weight is 1010 g/mol. The van der Waals surface area contributed by atoms with Crippen molar-refractivity contribution in [2.24, 2.45) is 0 Å². The van der Waals surface area contributed by atoms with Crippen LogP contribution in [0.3, 0.4) is 0 Å². The number of halogens is 4. The zero-order chi connectivity index (χ0) is 48.1. The topological polar surface area (TPSA) is 263 Å². The predicted octanol–water partition coefficient (Wildman–Crippen LogP) is 8.81. The minimum absolute atomic E-state index is 0. The van der Waals surface area contributed by atoms with Crippen LogP contribution in [0, 0.1) is 25.5 Å². The molecular weight excluding hydrogens is 953 g/mol. The van der Waals surface area contributed by atoms with E-state index in [0.717, 1.165) is 22.5 Å². The second kappa shape index (κ2) is 20.3. The van der Waals surface area contributed by atoms with Crippen molar-refractivity contribution in [3.05, 3.63) is 71.8 Å². The lowest BCUT2D eigenvalue weighted by Gasteiger charge is -2.22. The molecule has 2 aliphatic heterocycles. The van der Waals surface area contributed by atoms with E-state index in [0.29, 0.717) is 109 Å². The molecule has 0 unspecified atom stereocenters. The second-order valence-corrected chi connectivity index (χ2v) is 18.2. The van der Waals surface area contributed by atoms with Gasteiger partial charge < -0.3 is 51.3 Å². The summed E-state index contributed by atoms with van der Waals surface area (Å²) < 4.78 is 52.5. The Kier molecular flexibility index (Phi) is 14.8. The maximum absolute atomic E-state index is 15.3. The maximum Gasteiger partial charge on any atom is 0.413 e. The summed E-state index contributed by atoms with van der Waals surface area (Å²) in [4.78, 5) is 41.7. The van der Waals surface area contributed by atoms with Gasteiger partial charge in [-0.2, -0.15) is 0 Å². The average Bonchev–Trinajstić information content (AvgIpc) is 3.84. The molecule has 18 nitrogen and oxygen atoms in total. The molecular formula is C48H54Cl2F2N10O8. The summed E-state index contributed by atoms with van der Waals surface area (Å²) >= 11 is 0. The van der Waals surface area contributed by atoms with Crippen LogP contribution >= 0.6 is 24.8 Å². The van der Waals surface area contributed by atoms with Crippen LogP contribution in [0.4, 0.5) is 52.8 Å². The minimum Gasteiger partial charge on any atom is -0.474 e. The van der Waals surface area contributed by atoms with Gasteiger partial charge in [-0.3, -0.25) is 10.6 Å². The molecule has 10 rings (SSSR count). The van der Waals surface area contributed by atoms with E-state index < -0.39 is 35.0 Å². The number of pyridine rings is 4. The highest BCUT2D eigenvalue weighted by Crippen LogP contribution is 2.42. The number of hydrogen-bond donors (Lipinski definition) is 8. The Bertz CT molecular complexity index is 2800. The first-order valence-corrected chi connectivity index (χ1v) is 22.3. The molecule has 0 saturated heterocycles. The van der Waals surface area contributed by atoms with Crippen molar-refractivity contribution < 1.29 is 47.5 Å². The Balaban J connectivity index is 0.000000201. The highest BCUT2D eigenvalue weighted by atomic mass is 35.5. The summed E-state index contributed by atoms with van der Waals surface area (Å²) in [5, 5.41) is 33.9. The number of nitrogen functional groups attached to an aromatic ring is 2. The van der Waals surface area contributed by atoms with Gasteiger partial charge in [0.25, 0.3) is 0 Å². The van der Waals surface area contributed by atoms with Crippen molar-refractivity contribution >= 4 is 92.9 Å². The van der Waals surface area contributed by atoms with E-state index in [-0.39, 0.29) is 71.2 Å². The number of carbonyl (C=O) groups is 2. The van der Waals surface area contributed by atoms with E-state index in [2.05, 4.69) is 41.2 Å². The molecule has 2 fully saturated rings. The third-order valence-corrected chi connectivity index (χ3v) is 12.8. The Hall–Kier alpha value is -6.74. The Morgan fingerprint density at radius 1 is 0.671 bits per heavy atom. The summed E-state index contributed by atoms with van der Waals surface area (Å²) in [6.07, 6.45) is 7.05. The number of nitrogens with one attached hydrogen (secondary N) is 4. The van der Waals surface area contributed by atoms with Gasteiger partial charge in [-0.15, -0.1) is 24.8 Å². The van der Waals surface area contributed by atoms with E-state index in [9.17, 15) is 19.8 Å². The van der Waals surface area contributed by atoms with Crippen LogP contribution in [0.2, 0.25) is 0 Å². The third kappa shape index (κ3) is 10.5. The quantitative estimate of drug-likeness (QED) is 0.0725. The lowest BCUT2D eigenvalue weighted by Crippen LogP contribution is -2.24. The number of amides is 2. The molecule has 10 N–H and O–H groups in total. The van der Waals surface area contributed by atoms with Crippen LogP contribution in [0.5, 0.6) is 11.8 Å². The maximum atomic E-state index is 15.3. The van der Waals surface area contributed by atoms with E-state index in [1.54, 1.807) is 50.5 Å². The number of ether oxygens (including phenoxy) is 4. The van der Waals surface area contributed by atoms with Gasteiger partial charge in [-0.05, 0) is 99.5 Å². The zero-order valence-electron chi connectivity index (χ0n) is 38.7. The molecule has 6 aromatic rings. The number of rotatable bonds is 6. The van der Waals surface area contributed by atoms with Crippen molar-refractivity contribution in [1.29, 1.82) is 0 Å². The number of carbonyl (C=O) groups excluding carboxylic acids is 2. The van der Waals surface area contributed by atoms with Gasteiger partial charge in [-0.1, -0.05) is 0 Å². The summed E-state index contributed by atoms with van der Waals surface area (Å²) in [6, 6.07) is 6.55. The van der Waals surface area contributed by atoms with Crippen LogP contribution < -0.4 is 42.2 Å². The van der Waals surface area contributed by atoms with E-state index in [4.69, 9.17) is 30.4 Å². The van der Waals surface area contributed by atoms with Gasteiger partial charge in [0.2, 0.25) is 11.8 Å². The lowest BCUT2D eigenvalue weighted by molar-refractivity contribution is 0.0441. The molecule has 6 heterocycles. The molecule has 70 heavy (non-hydrogen) atoms. The van der Waals surface area contributed by atoms with Gasteiger partial charge in [0, 0.05) is 83.7 Å². The summed E-state index contributed by atoms with van der Waals surface area (Å²) in [7, 11) is 0. The molecule has 4 aromatic heterocycles. The van der Waals surface area contributed by atoms with Gasteiger partial charge in [0.05, 0.1) is 22.6 Å². The number of nitrogens with zero attached hydrogens (tertiary/aromatic N) is 4. The number of benzene rings is 2.